The third-order valence-electron chi connectivity index (χ3n) is 5.45. The summed E-state index contributed by atoms with van der Waals surface area (Å²) in [5.41, 5.74) is 4.65. The van der Waals surface area contributed by atoms with Gasteiger partial charge in [-0.25, -0.2) is 4.98 Å². The second-order valence-corrected chi connectivity index (χ2v) is 7.29. The minimum Gasteiger partial charge on any atom is -0.354 e. The van der Waals surface area contributed by atoms with Crippen molar-refractivity contribution in [3.8, 4) is 0 Å². The van der Waals surface area contributed by atoms with Gasteiger partial charge < -0.3 is 15.1 Å². The predicted molar refractivity (Wildman–Crippen MR) is 109 cm³/mol. The number of pyridine rings is 1. The number of rotatable bonds is 5. The van der Waals surface area contributed by atoms with E-state index in [4.69, 9.17) is 0 Å². The van der Waals surface area contributed by atoms with Crippen molar-refractivity contribution in [1.29, 1.82) is 0 Å². The summed E-state index contributed by atoms with van der Waals surface area (Å²) in [7, 11) is 2.14. The fourth-order valence-corrected chi connectivity index (χ4v) is 3.75. The van der Waals surface area contributed by atoms with Gasteiger partial charge in [-0.05, 0) is 48.7 Å². The molecular formula is C22H26N4O. The van der Waals surface area contributed by atoms with Gasteiger partial charge in [0.05, 0.1) is 5.56 Å². The summed E-state index contributed by atoms with van der Waals surface area (Å²) in [4.78, 5) is 21.5. The highest BCUT2D eigenvalue weighted by molar-refractivity contribution is 5.94. The zero-order valence-corrected chi connectivity index (χ0v) is 15.8. The molecule has 0 saturated carbocycles. The number of piperazine rings is 1. The summed E-state index contributed by atoms with van der Waals surface area (Å²) in [6.45, 7) is 4.68. The van der Waals surface area contributed by atoms with Gasteiger partial charge in [-0.1, -0.05) is 30.3 Å². The molecule has 2 heterocycles. The van der Waals surface area contributed by atoms with Crippen LogP contribution in [0.5, 0.6) is 0 Å². The Bertz CT molecular complexity index is 836. The molecule has 2 aliphatic rings. The number of nitrogens with zero attached hydrogens (tertiary/aromatic N) is 3. The van der Waals surface area contributed by atoms with E-state index in [0.717, 1.165) is 44.8 Å². The standard InChI is InChI=1S/C22H26N4O/c1-25-12-14-26(15-13-25)21-9-8-19(16-24-21)22(27)23-11-10-18-7-6-17-4-2-3-5-20(17)18/h2-5,7-9,16H,6,10-15H2,1H3,(H,23,27). The van der Waals surface area contributed by atoms with E-state index < -0.39 is 0 Å². The molecule has 140 valence electrons. The summed E-state index contributed by atoms with van der Waals surface area (Å²) >= 11 is 0. The Balaban J connectivity index is 1.29. The molecule has 27 heavy (non-hydrogen) atoms. The zero-order valence-electron chi connectivity index (χ0n) is 15.8. The fourth-order valence-electron chi connectivity index (χ4n) is 3.75. The fraction of sp³-hybridized carbons (Fsp3) is 0.364. The summed E-state index contributed by atoms with van der Waals surface area (Å²) in [6, 6.07) is 12.3. The number of hydrogen-bond acceptors (Lipinski definition) is 4. The number of anilines is 1. The Hall–Kier alpha value is -2.66. The van der Waals surface area contributed by atoms with E-state index in [0.29, 0.717) is 12.1 Å². The summed E-state index contributed by atoms with van der Waals surface area (Å²) in [5.74, 6) is 0.895. The average molecular weight is 362 g/mol. The van der Waals surface area contributed by atoms with Crippen molar-refractivity contribution in [1.82, 2.24) is 15.2 Å². The first-order chi connectivity index (χ1) is 13.2. The van der Waals surface area contributed by atoms with Gasteiger partial charge in [-0.3, -0.25) is 4.79 Å². The molecule has 0 bridgehead atoms. The second-order valence-electron chi connectivity index (χ2n) is 7.29. The molecule has 0 radical (unpaired) electrons. The van der Waals surface area contributed by atoms with Crippen LogP contribution in [-0.2, 0) is 6.42 Å². The summed E-state index contributed by atoms with van der Waals surface area (Å²) in [6.07, 6.45) is 5.81. The number of amides is 1. The molecule has 1 aliphatic carbocycles. The topological polar surface area (TPSA) is 48.5 Å². The third kappa shape index (κ3) is 4.03. The van der Waals surface area contributed by atoms with Crippen molar-refractivity contribution in [3.05, 3.63) is 65.4 Å². The molecule has 1 aromatic carbocycles. The number of nitrogens with one attached hydrogen (secondary N) is 1. The second kappa shape index (κ2) is 7.92. The summed E-state index contributed by atoms with van der Waals surface area (Å²) < 4.78 is 0. The number of allylic oxidation sites excluding steroid dienone is 1. The maximum atomic E-state index is 12.4. The molecule has 0 atom stereocenters. The Morgan fingerprint density at radius 3 is 2.70 bits per heavy atom. The van der Waals surface area contributed by atoms with Crippen molar-refractivity contribution in [2.24, 2.45) is 0 Å². The minimum absolute atomic E-state index is 0.0562. The highest BCUT2D eigenvalue weighted by atomic mass is 16.1. The lowest BCUT2D eigenvalue weighted by Gasteiger charge is -2.33. The molecule has 5 nitrogen and oxygen atoms in total. The van der Waals surface area contributed by atoms with Gasteiger partial charge in [0.1, 0.15) is 5.82 Å². The van der Waals surface area contributed by atoms with Gasteiger partial charge in [-0.15, -0.1) is 0 Å². The van der Waals surface area contributed by atoms with Gasteiger partial charge in [0.25, 0.3) is 5.91 Å². The van der Waals surface area contributed by atoms with Gasteiger partial charge in [-0.2, -0.15) is 0 Å². The molecule has 0 spiro atoms. The maximum Gasteiger partial charge on any atom is 0.252 e. The summed E-state index contributed by atoms with van der Waals surface area (Å²) in [5, 5.41) is 3.02. The molecule has 2 aromatic rings. The largest absolute Gasteiger partial charge is 0.354 e. The minimum atomic E-state index is -0.0562. The van der Waals surface area contributed by atoms with Crippen LogP contribution < -0.4 is 10.2 Å². The number of hydrogen-bond donors (Lipinski definition) is 1. The molecule has 5 heteroatoms. The van der Waals surface area contributed by atoms with Crippen LogP contribution in [0.2, 0.25) is 0 Å². The molecule has 1 saturated heterocycles. The average Bonchev–Trinajstić information content (AvgIpc) is 3.12. The highest BCUT2D eigenvalue weighted by Gasteiger charge is 2.16. The van der Waals surface area contributed by atoms with Crippen LogP contribution >= 0.6 is 0 Å². The smallest absolute Gasteiger partial charge is 0.252 e. The Morgan fingerprint density at radius 2 is 1.93 bits per heavy atom. The van der Waals surface area contributed by atoms with E-state index in [1.807, 2.05) is 12.1 Å². The molecule has 1 N–H and O–H groups in total. The van der Waals surface area contributed by atoms with Crippen LogP contribution in [0, 0.1) is 0 Å². The molecular weight excluding hydrogens is 336 g/mol. The van der Waals surface area contributed by atoms with Crippen LogP contribution in [0.15, 0.2) is 48.7 Å². The lowest BCUT2D eigenvalue weighted by molar-refractivity contribution is 0.0954. The van der Waals surface area contributed by atoms with Crippen molar-refractivity contribution in [3.63, 3.8) is 0 Å². The lowest BCUT2D eigenvalue weighted by atomic mass is 10.0. The number of carbonyl (C=O) groups excluding carboxylic acids is 1. The van der Waals surface area contributed by atoms with Crippen molar-refractivity contribution >= 4 is 17.3 Å². The van der Waals surface area contributed by atoms with E-state index in [1.165, 1.54) is 16.7 Å². The molecule has 4 rings (SSSR count). The first-order valence-corrected chi connectivity index (χ1v) is 9.66. The Labute approximate surface area is 160 Å². The Kier molecular flexibility index (Phi) is 5.21. The van der Waals surface area contributed by atoms with Crippen LogP contribution in [0.25, 0.3) is 5.57 Å². The highest BCUT2D eigenvalue weighted by Crippen LogP contribution is 2.29. The SMILES string of the molecule is CN1CCN(c2ccc(C(=O)NCCC3=CCc4ccccc43)cn2)CC1. The zero-order chi connectivity index (χ0) is 18.6. The third-order valence-corrected chi connectivity index (χ3v) is 5.45. The number of carbonyl (C=O) groups is 1. The van der Waals surface area contributed by atoms with Crippen molar-refractivity contribution < 1.29 is 4.79 Å². The molecule has 1 fully saturated rings. The predicted octanol–water partition coefficient (Wildman–Crippen LogP) is 2.59. The van der Waals surface area contributed by atoms with Crippen molar-refractivity contribution in [2.45, 2.75) is 12.8 Å². The number of likely N-dealkylation sites (N-methyl/N-ethyl adjacent to an activating group) is 1. The first-order valence-electron chi connectivity index (χ1n) is 9.66. The van der Waals surface area contributed by atoms with Gasteiger partial charge in [0, 0.05) is 38.9 Å². The molecule has 0 unspecified atom stereocenters. The number of benzene rings is 1. The Morgan fingerprint density at radius 1 is 1.11 bits per heavy atom. The van der Waals surface area contributed by atoms with Crippen LogP contribution in [0.4, 0.5) is 5.82 Å². The van der Waals surface area contributed by atoms with E-state index in [2.05, 4.69) is 57.5 Å². The van der Waals surface area contributed by atoms with Crippen LogP contribution in [-0.4, -0.2) is 55.6 Å². The van der Waals surface area contributed by atoms with Crippen LogP contribution in [0.3, 0.4) is 0 Å². The lowest BCUT2D eigenvalue weighted by Crippen LogP contribution is -2.44. The first kappa shape index (κ1) is 17.7. The van der Waals surface area contributed by atoms with E-state index in [9.17, 15) is 4.79 Å². The van der Waals surface area contributed by atoms with Gasteiger partial charge >= 0.3 is 0 Å². The van der Waals surface area contributed by atoms with E-state index in [-0.39, 0.29) is 5.91 Å². The molecule has 1 aliphatic heterocycles. The molecule has 1 aromatic heterocycles. The normalized spacial score (nSPS) is 16.8. The number of aromatic nitrogens is 1. The maximum absolute atomic E-state index is 12.4. The van der Waals surface area contributed by atoms with E-state index >= 15 is 0 Å². The monoisotopic (exact) mass is 362 g/mol. The molecule has 1 amide bonds. The van der Waals surface area contributed by atoms with Crippen molar-refractivity contribution in [2.75, 3.05) is 44.7 Å². The number of fused-ring (bicyclic) bond motifs is 1. The van der Waals surface area contributed by atoms with Crippen LogP contribution in [0.1, 0.15) is 27.9 Å². The quantitative estimate of drug-likeness (QED) is 0.888. The van der Waals surface area contributed by atoms with E-state index in [1.54, 1.807) is 6.20 Å². The van der Waals surface area contributed by atoms with Gasteiger partial charge in [0.15, 0.2) is 0 Å². The van der Waals surface area contributed by atoms with Gasteiger partial charge in [0.2, 0.25) is 0 Å².